The van der Waals surface area contributed by atoms with Crippen LogP contribution in [0.15, 0.2) is 48.5 Å². The first-order valence-corrected chi connectivity index (χ1v) is 7.52. The van der Waals surface area contributed by atoms with Gasteiger partial charge in [0.25, 0.3) is 0 Å². The van der Waals surface area contributed by atoms with E-state index < -0.39 is 0 Å². The topological polar surface area (TPSA) is 32.7 Å². The van der Waals surface area contributed by atoms with Crippen LogP contribution in [0.5, 0.6) is 11.5 Å². The lowest BCUT2D eigenvalue weighted by Crippen LogP contribution is -2.30. The van der Waals surface area contributed by atoms with Crippen molar-refractivity contribution in [3.63, 3.8) is 0 Å². The van der Waals surface area contributed by atoms with Crippen LogP contribution in [0.2, 0.25) is 0 Å². The highest BCUT2D eigenvalue weighted by Crippen LogP contribution is 2.34. The van der Waals surface area contributed by atoms with Gasteiger partial charge in [-0.3, -0.25) is 4.90 Å². The van der Waals surface area contributed by atoms with Gasteiger partial charge in [0.15, 0.2) is 0 Å². The number of para-hydroxylation sites is 2. The van der Waals surface area contributed by atoms with Gasteiger partial charge in [-0.15, -0.1) is 0 Å². The van der Waals surface area contributed by atoms with Crippen molar-refractivity contribution in [2.45, 2.75) is 25.9 Å². The van der Waals surface area contributed by atoms with Crippen molar-refractivity contribution in [2.75, 3.05) is 13.2 Å². The van der Waals surface area contributed by atoms with E-state index in [2.05, 4.69) is 17.9 Å². The molecule has 1 N–H and O–H groups in total. The van der Waals surface area contributed by atoms with Gasteiger partial charge in [-0.1, -0.05) is 43.3 Å². The second-order valence-electron chi connectivity index (χ2n) is 5.41. The van der Waals surface area contributed by atoms with Crippen LogP contribution in [-0.2, 0) is 6.54 Å². The van der Waals surface area contributed by atoms with Gasteiger partial charge in [-0.25, -0.2) is 0 Å². The molecule has 2 aromatic rings. The Morgan fingerprint density at radius 2 is 1.90 bits per heavy atom. The zero-order valence-electron chi connectivity index (χ0n) is 12.3. The number of nitrogens with zero attached hydrogens (tertiary/aromatic N) is 1. The molecule has 3 rings (SSSR count). The molecule has 1 aliphatic rings. The first-order valence-electron chi connectivity index (χ1n) is 7.52. The van der Waals surface area contributed by atoms with E-state index in [0.717, 1.165) is 30.8 Å². The van der Waals surface area contributed by atoms with Crippen molar-refractivity contribution in [3.8, 4) is 11.5 Å². The lowest BCUT2D eigenvalue weighted by atomic mass is 10.0. The molecule has 0 spiro atoms. The summed E-state index contributed by atoms with van der Waals surface area (Å²) in [6.07, 6.45) is 0.958. The van der Waals surface area contributed by atoms with E-state index in [1.54, 1.807) is 6.07 Å². The summed E-state index contributed by atoms with van der Waals surface area (Å²) in [5.74, 6) is 1.36. The van der Waals surface area contributed by atoms with Gasteiger partial charge in [0.1, 0.15) is 18.1 Å². The van der Waals surface area contributed by atoms with E-state index in [9.17, 15) is 5.11 Å². The summed E-state index contributed by atoms with van der Waals surface area (Å²) in [6.45, 7) is 4.56. The highest BCUT2D eigenvalue weighted by molar-refractivity contribution is 5.36. The second-order valence-corrected chi connectivity index (χ2v) is 5.41. The van der Waals surface area contributed by atoms with Gasteiger partial charge in [0, 0.05) is 30.3 Å². The van der Waals surface area contributed by atoms with E-state index in [0.29, 0.717) is 12.4 Å². The minimum Gasteiger partial charge on any atom is -0.508 e. The van der Waals surface area contributed by atoms with Gasteiger partial charge in [-0.2, -0.15) is 0 Å². The largest absolute Gasteiger partial charge is 0.508 e. The van der Waals surface area contributed by atoms with Crippen LogP contribution in [0.4, 0.5) is 0 Å². The highest BCUT2D eigenvalue weighted by atomic mass is 16.5. The molecule has 0 aliphatic carbocycles. The first kappa shape index (κ1) is 14.0. The van der Waals surface area contributed by atoms with E-state index in [4.69, 9.17) is 4.74 Å². The summed E-state index contributed by atoms with van der Waals surface area (Å²) >= 11 is 0. The maximum Gasteiger partial charge on any atom is 0.123 e. The number of phenolic OH excluding ortho intramolecular Hbond substituents is 1. The normalized spacial score (nSPS) is 16.6. The smallest absolute Gasteiger partial charge is 0.123 e. The predicted octanol–water partition coefficient (Wildman–Crippen LogP) is 3.74. The first-order chi connectivity index (χ1) is 10.3. The zero-order chi connectivity index (χ0) is 14.7. The van der Waals surface area contributed by atoms with Gasteiger partial charge < -0.3 is 9.84 Å². The molecule has 0 fully saturated rings. The van der Waals surface area contributed by atoms with E-state index >= 15 is 0 Å². The standard InChI is InChI=1S/C18H21NO2/c1-2-16(15-8-4-5-9-17(15)20)19-11-12-21-18-10-6-3-7-14(18)13-19/h3-10,16,20H,2,11-13H2,1H3. The highest BCUT2D eigenvalue weighted by Gasteiger charge is 2.24. The third-order valence-electron chi connectivity index (χ3n) is 4.11. The number of aromatic hydroxyl groups is 1. The summed E-state index contributed by atoms with van der Waals surface area (Å²) in [6, 6.07) is 16.0. The van der Waals surface area contributed by atoms with Crippen LogP contribution >= 0.6 is 0 Å². The van der Waals surface area contributed by atoms with Crippen LogP contribution in [0, 0.1) is 0 Å². The Balaban J connectivity index is 1.90. The molecule has 0 amide bonds. The van der Waals surface area contributed by atoms with E-state index in [1.807, 2.05) is 36.4 Å². The second kappa shape index (κ2) is 6.19. The summed E-state index contributed by atoms with van der Waals surface area (Å²) in [4.78, 5) is 2.39. The third-order valence-corrected chi connectivity index (χ3v) is 4.11. The number of hydrogen-bond acceptors (Lipinski definition) is 3. The monoisotopic (exact) mass is 283 g/mol. The zero-order valence-corrected chi connectivity index (χ0v) is 12.3. The Morgan fingerprint density at radius 1 is 1.14 bits per heavy atom. The van der Waals surface area contributed by atoms with Crippen molar-refractivity contribution >= 4 is 0 Å². The van der Waals surface area contributed by atoms with Gasteiger partial charge >= 0.3 is 0 Å². The summed E-state index contributed by atoms with van der Waals surface area (Å²) in [5.41, 5.74) is 2.21. The molecule has 1 heterocycles. The number of phenols is 1. The molecule has 2 aromatic carbocycles. The molecule has 1 aliphatic heterocycles. The molecule has 0 saturated carbocycles. The SMILES string of the molecule is CCC(c1ccccc1O)N1CCOc2ccccc2C1. The molecule has 0 saturated heterocycles. The number of rotatable bonds is 3. The molecule has 110 valence electrons. The minimum absolute atomic E-state index is 0.209. The Hall–Kier alpha value is -2.00. The van der Waals surface area contributed by atoms with Crippen LogP contribution in [0.3, 0.4) is 0 Å². The predicted molar refractivity (Wildman–Crippen MR) is 83.5 cm³/mol. The Morgan fingerprint density at radius 3 is 2.71 bits per heavy atom. The number of ether oxygens (including phenoxy) is 1. The average Bonchev–Trinajstić information content (AvgIpc) is 2.72. The fraction of sp³-hybridized carbons (Fsp3) is 0.333. The molecular formula is C18H21NO2. The van der Waals surface area contributed by atoms with Gasteiger partial charge in [0.2, 0.25) is 0 Å². The van der Waals surface area contributed by atoms with Crippen molar-refractivity contribution in [1.29, 1.82) is 0 Å². The van der Waals surface area contributed by atoms with Crippen molar-refractivity contribution in [1.82, 2.24) is 4.90 Å². The molecule has 3 heteroatoms. The average molecular weight is 283 g/mol. The lowest BCUT2D eigenvalue weighted by Gasteiger charge is -2.30. The fourth-order valence-corrected chi connectivity index (χ4v) is 3.06. The Kier molecular flexibility index (Phi) is 4.11. The minimum atomic E-state index is 0.209. The summed E-state index contributed by atoms with van der Waals surface area (Å²) in [5, 5.41) is 10.2. The molecule has 21 heavy (non-hydrogen) atoms. The third kappa shape index (κ3) is 2.88. The fourth-order valence-electron chi connectivity index (χ4n) is 3.06. The molecule has 1 unspecified atom stereocenters. The maximum atomic E-state index is 10.2. The molecule has 1 atom stereocenters. The number of benzene rings is 2. The maximum absolute atomic E-state index is 10.2. The van der Waals surface area contributed by atoms with Crippen LogP contribution < -0.4 is 4.74 Å². The van der Waals surface area contributed by atoms with E-state index in [1.165, 1.54) is 5.56 Å². The molecule has 0 bridgehead atoms. The van der Waals surface area contributed by atoms with Crippen LogP contribution in [0.25, 0.3) is 0 Å². The quantitative estimate of drug-likeness (QED) is 0.931. The van der Waals surface area contributed by atoms with Crippen LogP contribution in [-0.4, -0.2) is 23.2 Å². The molecule has 0 aromatic heterocycles. The summed E-state index contributed by atoms with van der Waals surface area (Å²) < 4.78 is 5.84. The van der Waals surface area contributed by atoms with Gasteiger partial charge in [0.05, 0.1) is 0 Å². The van der Waals surface area contributed by atoms with Crippen LogP contribution in [0.1, 0.15) is 30.5 Å². The number of hydrogen-bond donors (Lipinski definition) is 1. The molecule has 0 radical (unpaired) electrons. The van der Waals surface area contributed by atoms with Crippen molar-refractivity contribution in [3.05, 3.63) is 59.7 Å². The Bertz CT molecular complexity index is 612. The van der Waals surface area contributed by atoms with Crippen molar-refractivity contribution in [2.24, 2.45) is 0 Å². The molecule has 3 nitrogen and oxygen atoms in total. The van der Waals surface area contributed by atoms with Crippen molar-refractivity contribution < 1.29 is 9.84 Å². The van der Waals surface area contributed by atoms with E-state index in [-0.39, 0.29) is 6.04 Å². The number of fused-ring (bicyclic) bond motifs is 1. The van der Waals surface area contributed by atoms with Gasteiger partial charge in [-0.05, 0) is 18.6 Å². The summed E-state index contributed by atoms with van der Waals surface area (Å²) in [7, 11) is 0. The Labute approximate surface area is 125 Å². The molecular weight excluding hydrogens is 262 g/mol. The lowest BCUT2D eigenvalue weighted by molar-refractivity contribution is 0.163.